The Morgan fingerprint density at radius 2 is 1.94 bits per heavy atom. The standard InChI is InChI=1S/C12H18BrNOS/c1-12(2,3)14-8-9-16(15)11-7-5-4-6-10(11)13/h4-7,14H,8-9H2,1-3H3. The average Bonchev–Trinajstić information content (AvgIpc) is 2.16. The Morgan fingerprint density at radius 3 is 2.50 bits per heavy atom. The zero-order chi connectivity index (χ0) is 12.2. The summed E-state index contributed by atoms with van der Waals surface area (Å²) in [7, 11) is -0.939. The van der Waals surface area contributed by atoms with Crippen molar-refractivity contribution in [2.45, 2.75) is 31.2 Å². The minimum Gasteiger partial charge on any atom is -0.311 e. The molecule has 0 fully saturated rings. The van der Waals surface area contributed by atoms with Crippen molar-refractivity contribution in [2.24, 2.45) is 0 Å². The smallest absolute Gasteiger partial charge is 0.0553 e. The molecule has 1 unspecified atom stereocenters. The first-order valence-electron chi connectivity index (χ1n) is 5.28. The molecule has 0 heterocycles. The van der Waals surface area contributed by atoms with E-state index in [0.717, 1.165) is 15.9 Å². The third-order valence-corrected chi connectivity index (χ3v) is 4.40. The molecule has 4 heteroatoms. The van der Waals surface area contributed by atoms with Crippen LogP contribution < -0.4 is 5.32 Å². The highest BCUT2D eigenvalue weighted by Crippen LogP contribution is 2.19. The molecule has 0 amide bonds. The number of halogens is 1. The zero-order valence-electron chi connectivity index (χ0n) is 9.92. The molecule has 1 N–H and O–H groups in total. The van der Waals surface area contributed by atoms with E-state index in [-0.39, 0.29) is 5.54 Å². The van der Waals surface area contributed by atoms with Gasteiger partial charge in [0.05, 0.1) is 15.7 Å². The van der Waals surface area contributed by atoms with E-state index < -0.39 is 10.8 Å². The predicted octanol–water partition coefficient (Wildman–Crippen LogP) is 2.94. The summed E-state index contributed by atoms with van der Waals surface area (Å²) in [5.74, 6) is 0.639. The van der Waals surface area contributed by atoms with Gasteiger partial charge in [-0.15, -0.1) is 0 Å². The number of benzene rings is 1. The summed E-state index contributed by atoms with van der Waals surface area (Å²) in [5.41, 5.74) is 0.0815. The minimum absolute atomic E-state index is 0.0815. The van der Waals surface area contributed by atoms with Crippen LogP contribution in [0.2, 0.25) is 0 Å². The molecule has 0 aromatic heterocycles. The van der Waals surface area contributed by atoms with Crippen molar-refractivity contribution in [2.75, 3.05) is 12.3 Å². The zero-order valence-corrected chi connectivity index (χ0v) is 12.3. The van der Waals surface area contributed by atoms with Crippen LogP contribution in [0.1, 0.15) is 20.8 Å². The maximum Gasteiger partial charge on any atom is 0.0553 e. The van der Waals surface area contributed by atoms with Crippen molar-refractivity contribution in [3.63, 3.8) is 0 Å². The fourth-order valence-electron chi connectivity index (χ4n) is 1.26. The van der Waals surface area contributed by atoms with Gasteiger partial charge in [0.1, 0.15) is 0 Å². The molecule has 0 radical (unpaired) electrons. The van der Waals surface area contributed by atoms with Crippen molar-refractivity contribution >= 4 is 26.7 Å². The fraction of sp³-hybridized carbons (Fsp3) is 0.500. The van der Waals surface area contributed by atoms with E-state index in [4.69, 9.17) is 0 Å². The third kappa shape index (κ3) is 4.76. The van der Waals surface area contributed by atoms with Gasteiger partial charge >= 0.3 is 0 Å². The number of hydrogen-bond donors (Lipinski definition) is 1. The largest absolute Gasteiger partial charge is 0.311 e. The molecule has 0 saturated heterocycles. The summed E-state index contributed by atoms with van der Waals surface area (Å²) >= 11 is 3.41. The monoisotopic (exact) mass is 303 g/mol. The van der Waals surface area contributed by atoms with E-state index >= 15 is 0 Å². The van der Waals surface area contributed by atoms with Gasteiger partial charge in [0, 0.05) is 22.3 Å². The van der Waals surface area contributed by atoms with Crippen molar-refractivity contribution in [3.05, 3.63) is 28.7 Å². The minimum atomic E-state index is -0.939. The highest BCUT2D eigenvalue weighted by molar-refractivity contribution is 9.10. The lowest BCUT2D eigenvalue weighted by molar-refractivity contribution is 0.440. The summed E-state index contributed by atoms with van der Waals surface area (Å²) < 4.78 is 12.9. The molecule has 16 heavy (non-hydrogen) atoms. The number of nitrogens with one attached hydrogen (secondary N) is 1. The lowest BCUT2D eigenvalue weighted by atomic mass is 10.1. The third-order valence-electron chi connectivity index (χ3n) is 2.02. The van der Waals surface area contributed by atoms with Crippen molar-refractivity contribution in [1.82, 2.24) is 5.32 Å². The molecule has 0 aliphatic heterocycles. The van der Waals surface area contributed by atoms with Crippen LogP contribution in [0.25, 0.3) is 0 Å². The van der Waals surface area contributed by atoms with Gasteiger partial charge in [-0.25, -0.2) is 0 Å². The van der Waals surface area contributed by atoms with Gasteiger partial charge in [0.15, 0.2) is 0 Å². The maximum atomic E-state index is 12.0. The van der Waals surface area contributed by atoms with Crippen molar-refractivity contribution < 1.29 is 4.21 Å². The average molecular weight is 304 g/mol. The van der Waals surface area contributed by atoms with Gasteiger partial charge in [-0.3, -0.25) is 4.21 Å². The Labute approximate surface area is 108 Å². The van der Waals surface area contributed by atoms with E-state index in [1.165, 1.54) is 0 Å². The van der Waals surface area contributed by atoms with Crippen LogP contribution in [0.5, 0.6) is 0 Å². The van der Waals surface area contributed by atoms with Crippen LogP contribution in [0.3, 0.4) is 0 Å². The van der Waals surface area contributed by atoms with E-state index in [9.17, 15) is 4.21 Å². The predicted molar refractivity (Wildman–Crippen MR) is 73.2 cm³/mol. The first-order valence-corrected chi connectivity index (χ1v) is 7.39. The van der Waals surface area contributed by atoms with Gasteiger partial charge in [0.2, 0.25) is 0 Å². The SMILES string of the molecule is CC(C)(C)NCCS(=O)c1ccccc1Br. The van der Waals surface area contributed by atoms with Crippen molar-refractivity contribution in [3.8, 4) is 0 Å². The van der Waals surface area contributed by atoms with Gasteiger partial charge in [0.25, 0.3) is 0 Å². The summed E-state index contributed by atoms with van der Waals surface area (Å²) in [6.45, 7) is 7.08. The maximum absolute atomic E-state index is 12.0. The van der Waals surface area contributed by atoms with E-state index in [1.54, 1.807) is 0 Å². The first-order chi connectivity index (χ1) is 7.40. The molecule has 0 bridgehead atoms. The molecule has 1 rings (SSSR count). The van der Waals surface area contributed by atoms with Gasteiger partial charge in [-0.05, 0) is 48.8 Å². The molecule has 1 aromatic rings. The molecule has 90 valence electrons. The number of rotatable bonds is 4. The fourth-order valence-corrected chi connectivity index (χ4v) is 3.11. The van der Waals surface area contributed by atoms with Crippen LogP contribution in [-0.4, -0.2) is 22.0 Å². The summed E-state index contributed by atoms with van der Waals surface area (Å²) in [5, 5.41) is 3.33. The first kappa shape index (κ1) is 13.9. The molecule has 0 saturated carbocycles. The molecular weight excluding hydrogens is 286 g/mol. The van der Waals surface area contributed by atoms with Crippen LogP contribution in [0, 0.1) is 0 Å². The van der Waals surface area contributed by atoms with E-state index in [0.29, 0.717) is 5.75 Å². The van der Waals surface area contributed by atoms with Crippen LogP contribution in [0.4, 0.5) is 0 Å². The number of hydrogen-bond acceptors (Lipinski definition) is 2. The quantitative estimate of drug-likeness (QED) is 0.926. The summed E-state index contributed by atoms with van der Waals surface area (Å²) in [6, 6.07) is 7.66. The lowest BCUT2D eigenvalue weighted by Gasteiger charge is -2.20. The van der Waals surface area contributed by atoms with Crippen molar-refractivity contribution in [1.29, 1.82) is 0 Å². The molecule has 0 aliphatic rings. The molecule has 0 aliphatic carbocycles. The molecule has 1 aromatic carbocycles. The lowest BCUT2D eigenvalue weighted by Crippen LogP contribution is -2.38. The van der Waals surface area contributed by atoms with Gasteiger partial charge in [-0.1, -0.05) is 12.1 Å². The van der Waals surface area contributed by atoms with Gasteiger partial charge < -0.3 is 5.32 Å². The molecule has 2 nitrogen and oxygen atoms in total. The van der Waals surface area contributed by atoms with E-state index in [1.807, 2.05) is 24.3 Å². The second-order valence-corrected chi connectivity index (χ2v) is 7.05. The second kappa shape index (κ2) is 5.94. The Kier molecular flexibility index (Phi) is 5.15. The molecule has 1 atom stereocenters. The van der Waals surface area contributed by atoms with E-state index in [2.05, 4.69) is 42.0 Å². The van der Waals surface area contributed by atoms with Crippen LogP contribution in [-0.2, 0) is 10.8 Å². The van der Waals surface area contributed by atoms with Crippen LogP contribution >= 0.6 is 15.9 Å². The molecule has 0 spiro atoms. The topological polar surface area (TPSA) is 29.1 Å². The summed E-state index contributed by atoms with van der Waals surface area (Å²) in [4.78, 5) is 0.873. The highest BCUT2D eigenvalue weighted by atomic mass is 79.9. The highest BCUT2D eigenvalue weighted by Gasteiger charge is 2.11. The Morgan fingerprint density at radius 1 is 1.31 bits per heavy atom. The van der Waals surface area contributed by atoms with Crippen LogP contribution in [0.15, 0.2) is 33.6 Å². The second-order valence-electron chi connectivity index (χ2n) is 4.66. The van der Waals surface area contributed by atoms with Gasteiger partial charge in [-0.2, -0.15) is 0 Å². The Bertz CT molecular complexity index is 374. The Balaban J connectivity index is 2.51. The normalized spacial score (nSPS) is 13.8. The summed E-state index contributed by atoms with van der Waals surface area (Å²) in [6.07, 6.45) is 0. The molecular formula is C12H18BrNOS. The Hall–Kier alpha value is -0.190.